The average molecular weight is 525 g/mol. The van der Waals surface area contributed by atoms with Crippen LogP contribution < -0.4 is 4.74 Å². The van der Waals surface area contributed by atoms with Crippen LogP contribution in [0.25, 0.3) is 16.7 Å². The van der Waals surface area contributed by atoms with Crippen LogP contribution in [-0.2, 0) is 22.4 Å². The van der Waals surface area contributed by atoms with Gasteiger partial charge in [-0.3, -0.25) is 4.90 Å². The number of likely N-dealkylation sites (tertiary alicyclic amines) is 1. The van der Waals surface area contributed by atoms with E-state index in [1.807, 2.05) is 30.3 Å². The maximum absolute atomic E-state index is 10.2. The van der Waals surface area contributed by atoms with Gasteiger partial charge in [0.25, 0.3) is 0 Å². The first-order valence-corrected chi connectivity index (χ1v) is 14.0. The summed E-state index contributed by atoms with van der Waals surface area (Å²) < 4.78 is 20.5. The zero-order valence-corrected chi connectivity index (χ0v) is 22.5. The van der Waals surface area contributed by atoms with E-state index in [2.05, 4.69) is 52.8 Å². The molecule has 0 radical (unpaired) electrons. The number of ether oxygens (including phenoxy) is 3. The first-order valence-electron chi connectivity index (χ1n) is 14.0. The molecular weight excluding hydrogens is 488 g/mol. The molecule has 1 N–H and O–H groups in total. The summed E-state index contributed by atoms with van der Waals surface area (Å²) in [5.74, 6) is 1.86. The van der Waals surface area contributed by atoms with Gasteiger partial charge in [-0.1, -0.05) is 48.9 Å². The van der Waals surface area contributed by atoms with Crippen molar-refractivity contribution in [3.63, 3.8) is 0 Å². The fraction of sp³-hybridized carbons (Fsp3) is 0.333. The van der Waals surface area contributed by atoms with Crippen LogP contribution in [0, 0.1) is 6.92 Å². The van der Waals surface area contributed by atoms with Gasteiger partial charge in [-0.2, -0.15) is 0 Å². The van der Waals surface area contributed by atoms with Gasteiger partial charge in [0.05, 0.1) is 5.69 Å². The highest BCUT2D eigenvalue weighted by molar-refractivity contribution is 5.90. The van der Waals surface area contributed by atoms with Crippen LogP contribution in [-0.4, -0.2) is 47.1 Å². The molecule has 39 heavy (non-hydrogen) atoms. The highest BCUT2D eigenvalue weighted by Crippen LogP contribution is 2.36. The van der Waals surface area contributed by atoms with E-state index in [0.29, 0.717) is 25.3 Å². The molecule has 0 bridgehead atoms. The molecule has 0 saturated carbocycles. The minimum atomic E-state index is -0.372. The first kappa shape index (κ1) is 25.4. The Balaban J connectivity index is 1.19. The number of rotatable bonds is 9. The summed E-state index contributed by atoms with van der Waals surface area (Å²) in [6.07, 6.45) is 5.97. The van der Waals surface area contributed by atoms with E-state index in [1.54, 1.807) is 12.3 Å². The Labute approximate surface area is 230 Å². The van der Waals surface area contributed by atoms with Crippen molar-refractivity contribution in [2.75, 3.05) is 26.2 Å². The number of phenols is 1. The van der Waals surface area contributed by atoms with Crippen molar-refractivity contribution in [3.05, 3.63) is 101 Å². The molecule has 202 valence electrons. The van der Waals surface area contributed by atoms with Crippen LogP contribution in [0.1, 0.15) is 41.6 Å². The van der Waals surface area contributed by atoms with Crippen LogP contribution in [0.2, 0.25) is 0 Å². The molecule has 4 aromatic rings. The summed E-state index contributed by atoms with van der Waals surface area (Å²) in [5.41, 5.74) is 5.38. The number of phenolic OH excluding ortho intramolecular Hbond substituents is 1. The lowest BCUT2D eigenvalue weighted by atomic mass is 10.1. The fourth-order valence-electron chi connectivity index (χ4n) is 5.68. The summed E-state index contributed by atoms with van der Waals surface area (Å²) in [6, 6.07) is 24.1. The molecule has 1 fully saturated rings. The summed E-state index contributed by atoms with van der Waals surface area (Å²) in [4.78, 5) is 2.49. The van der Waals surface area contributed by atoms with Gasteiger partial charge in [-0.15, -0.1) is 0 Å². The molecule has 0 spiro atoms. The van der Waals surface area contributed by atoms with Crippen molar-refractivity contribution >= 4 is 16.7 Å². The number of fused-ring (bicyclic) bond motifs is 1. The third kappa shape index (κ3) is 5.76. The number of benzene rings is 3. The van der Waals surface area contributed by atoms with E-state index < -0.39 is 0 Å². The second-order valence-corrected chi connectivity index (χ2v) is 10.5. The number of hydrogen-bond acceptors (Lipinski definition) is 5. The number of aromatic hydroxyl groups is 1. The van der Waals surface area contributed by atoms with E-state index in [9.17, 15) is 5.11 Å². The predicted molar refractivity (Wildman–Crippen MR) is 154 cm³/mol. The van der Waals surface area contributed by atoms with Gasteiger partial charge in [-0.05, 0) is 79.9 Å². The summed E-state index contributed by atoms with van der Waals surface area (Å²) in [6.45, 7) is 6.79. The lowest BCUT2D eigenvalue weighted by Gasteiger charge is -2.26. The average Bonchev–Trinajstić information content (AvgIpc) is 3.52. The molecule has 2 aliphatic rings. The smallest absolute Gasteiger partial charge is 0.244 e. The Morgan fingerprint density at radius 1 is 0.923 bits per heavy atom. The second kappa shape index (κ2) is 11.5. The molecule has 2 aliphatic heterocycles. The van der Waals surface area contributed by atoms with Gasteiger partial charge in [0.2, 0.25) is 6.29 Å². The minimum Gasteiger partial charge on any atom is -0.508 e. The molecule has 6 nitrogen and oxygen atoms in total. The number of aryl methyl sites for hydroxylation is 1. The van der Waals surface area contributed by atoms with E-state index in [1.165, 1.54) is 32.4 Å². The number of piperidine rings is 1. The van der Waals surface area contributed by atoms with Crippen molar-refractivity contribution in [2.45, 2.75) is 45.4 Å². The standard InChI is InChI=1S/C33H36N2O4/c1-24-29-21-27(36)12-15-30(29)35(33(24)31-23-38-32(39-31)20-25-8-4-2-5-9-25)22-26-10-13-28(14-11-26)37-19-18-34-16-6-3-7-17-34/h2,4-5,8-15,21,23,32,36H,3,6-7,16-20,22H2,1H3. The third-order valence-electron chi connectivity index (χ3n) is 7.75. The van der Waals surface area contributed by atoms with Crippen molar-refractivity contribution in [1.82, 2.24) is 9.47 Å². The monoisotopic (exact) mass is 524 g/mol. The molecule has 3 aromatic carbocycles. The Morgan fingerprint density at radius 2 is 1.72 bits per heavy atom. The van der Waals surface area contributed by atoms with Crippen LogP contribution in [0.15, 0.2) is 79.1 Å². The first-order chi connectivity index (χ1) is 19.1. The normalized spacial score (nSPS) is 17.6. The number of aromatic nitrogens is 1. The van der Waals surface area contributed by atoms with Crippen molar-refractivity contribution < 1.29 is 19.3 Å². The molecular formula is C33H36N2O4. The summed E-state index contributed by atoms with van der Waals surface area (Å²) in [7, 11) is 0. The van der Waals surface area contributed by atoms with Gasteiger partial charge < -0.3 is 23.9 Å². The van der Waals surface area contributed by atoms with Crippen LogP contribution in [0.4, 0.5) is 0 Å². The van der Waals surface area contributed by atoms with Gasteiger partial charge in [0.15, 0.2) is 5.76 Å². The maximum Gasteiger partial charge on any atom is 0.244 e. The van der Waals surface area contributed by atoms with Crippen molar-refractivity contribution in [1.29, 1.82) is 0 Å². The maximum atomic E-state index is 10.2. The molecule has 1 unspecified atom stereocenters. The highest BCUT2D eigenvalue weighted by Gasteiger charge is 2.27. The lowest BCUT2D eigenvalue weighted by Crippen LogP contribution is -2.33. The topological polar surface area (TPSA) is 56.1 Å². The zero-order valence-electron chi connectivity index (χ0n) is 22.5. The minimum absolute atomic E-state index is 0.250. The van der Waals surface area contributed by atoms with Crippen LogP contribution in [0.5, 0.6) is 11.5 Å². The molecule has 1 saturated heterocycles. The van der Waals surface area contributed by atoms with Crippen LogP contribution in [0.3, 0.4) is 0 Å². The summed E-state index contributed by atoms with van der Waals surface area (Å²) in [5, 5.41) is 11.2. The van der Waals surface area contributed by atoms with E-state index in [4.69, 9.17) is 14.2 Å². The van der Waals surface area contributed by atoms with Gasteiger partial charge in [-0.25, -0.2) is 0 Å². The third-order valence-corrected chi connectivity index (χ3v) is 7.75. The van der Waals surface area contributed by atoms with E-state index >= 15 is 0 Å². The number of hydrogen-bond donors (Lipinski definition) is 1. The zero-order chi connectivity index (χ0) is 26.6. The fourth-order valence-corrected chi connectivity index (χ4v) is 5.68. The van der Waals surface area contributed by atoms with Gasteiger partial charge in [0, 0.05) is 30.4 Å². The molecule has 1 aromatic heterocycles. The van der Waals surface area contributed by atoms with E-state index in [-0.39, 0.29) is 12.0 Å². The molecule has 0 amide bonds. The van der Waals surface area contributed by atoms with Crippen molar-refractivity contribution in [2.24, 2.45) is 0 Å². The SMILES string of the molecule is Cc1c(C2=COC(Cc3ccccc3)O2)n(Cc2ccc(OCCN3CCCCC3)cc2)c2ccc(O)cc12. The molecule has 3 heterocycles. The predicted octanol–water partition coefficient (Wildman–Crippen LogP) is 6.48. The molecule has 0 aliphatic carbocycles. The second-order valence-electron chi connectivity index (χ2n) is 10.5. The Kier molecular flexibility index (Phi) is 7.46. The highest BCUT2D eigenvalue weighted by atomic mass is 16.7. The Morgan fingerprint density at radius 3 is 2.51 bits per heavy atom. The summed E-state index contributed by atoms with van der Waals surface area (Å²) >= 11 is 0. The quantitative estimate of drug-likeness (QED) is 0.272. The van der Waals surface area contributed by atoms with Crippen molar-refractivity contribution in [3.8, 4) is 11.5 Å². The van der Waals surface area contributed by atoms with Gasteiger partial charge in [0.1, 0.15) is 24.4 Å². The molecule has 6 heteroatoms. The van der Waals surface area contributed by atoms with E-state index in [0.717, 1.165) is 45.6 Å². The number of nitrogens with zero attached hydrogens (tertiary/aromatic N) is 2. The van der Waals surface area contributed by atoms with Crippen LogP contribution >= 0.6 is 0 Å². The Bertz CT molecular complexity index is 1440. The Hall–Kier alpha value is -3.90. The largest absolute Gasteiger partial charge is 0.508 e. The van der Waals surface area contributed by atoms with Gasteiger partial charge >= 0.3 is 0 Å². The molecule has 6 rings (SSSR count). The lowest BCUT2D eigenvalue weighted by molar-refractivity contribution is -0.0139. The molecule has 1 atom stereocenters.